The van der Waals surface area contributed by atoms with Crippen molar-refractivity contribution in [3.8, 4) is 0 Å². The summed E-state index contributed by atoms with van der Waals surface area (Å²) in [6.45, 7) is 3.77. The number of piperazine rings is 1. The Kier molecular flexibility index (Phi) is 4.22. The van der Waals surface area contributed by atoms with Gasteiger partial charge in [0.2, 0.25) is 0 Å². The number of hydrogen-bond donors (Lipinski definition) is 1. The van der Waals surface area contributed by atoms with Crippen molar-refractivity contribution in [1.82, 2.24) is 4.90 Å². The summed E-state index contributed by atoms with van der Waals surface area (Å²) in [5.41, 5.74) is 7.49. The quantitative estimate of drug-likeness (QED) is 0.846. The van der Waals surface area contributed by atoms with Gasteiger partial charge in [0.25, 0.3) is 5.91 Å². The molecule has 1 aromatic carbocycles. The molecule has 6 heteroatoms. The Balaban J connectivity index is 1.59. The summed E-state index contributed by atoms with van der Waals surface area (Å²) in [4.78, 5) is 16.4. The Morgan fingerprint density at radius 2 is 2.05 bits per heavy atom. The van der Waals surface area contributed by atoms with E-state index in [0.29, 0.717) is 17.3 Å². The number of rotatable bonds is 2. The Bertz CT molecular complexity index is 524. The van der Waals surface area contributed by atoms with Gasteiger partial charge >= 0.3 is 0 Å². The summed E-state index contributed by atoms with van der Waals surface area (Å²) in [5.74, 6) is 0.141. The lowest BCUT2D eigenvalue weighted by Gasteiger charge is -2.37. The fourth-order valence-electron chi connectivity index (χ4n) is 2.89. The number of benzene rings is 1. The first kappa shape index (κ1) is 14.5. The number of nitrogens with two attached hydrogens (primary N) is 1. The summed E-state index contributed by atoms with van der Waals surface area (Å²) in [5, 5.41) is 0.575. The third-order valence-corrected chi connectivity index (χ3v) is 4.49. The Hall–Kier alpha value is -1.46. The van der Waals surface area contributed by atoms with Crippen molar-refractivity contribution in [2.24, 2.45) is 0 Å². The Morgan fingerprint density at radius 3 is 2.67 bits per heavy atom. The lowest BCUT2D eigenvalue weighted by atomic mass is 10.2. The maximum absolute atomic E-state index is 12.3. The zero-order valence-electron chi connectivity index (χ0n) is 11.9. The minimum Gasteiger partial charge on any atom is -0.397 e. The molecule has 5 nitrogen and oxygen atoms in total. The van der Waals surface area contributed by atoms with Crippen molar-refractivity contribution >= 4 is 28.9 Å². The van der Waals surface area contributed by atoms with Crippen LogP contribution in [0, 0.1) is 0 Å². The van der Waals surface area contributed by atoms with E-state index in [1.54, 1.807) is 0 Å². The highest BCUT2D eigenvalue weighted by atomic mass is 35.5. The Labute approximate surface area is 129 Å². The van der Waals surface area contributed by atoms with Gasteiger partial charge in [0.15, 0.2) is 0 Å². The average molecular weight is 310 g/mol. The monoisotopic (exact) mass is 309 g/mol. The number of amides is 1. The van der Waals surface area contributed by atoms with Crippen molar-refractivity contribution in [3.63, 3.8) is 0 Å². The number of anilines is 2. The molecule has 2 N–H and O–H groups in total. The van der Waals surface area contributed by atoms with Gasteiger partial charge in [-0.25, -0.2) is 0 Å². The summed E-state index contributed by atoms with van der Waals surface area (Å²) in [7, 11) is 0. The molecule has 0 aliphatic carbocycles. The topological polar surface area (TPSA) is 58.8 Å². The molecule has 1 unspecified atom stereocenters. The van der Waals surface area contributed by atoms with E-state index in [9.17, 15) is 4.79 Å². The zero-order valence-corrected chi connectivity index (χ0v) is 12.7. The van der Waals surface area contributed by atoms with Gasteiger partial charge in [0.1, 0.15) is 6.10 Å². The van der Waals surface area contributed by atoms with Crippen LogP contribution < -0.4 is 10.6 Å². The van der Waals surface area contributed by atoms with Gasteiger partial charge in [-0.15, -0.1) is 0 Å². The van der Waals surface area contributed by atoms with E-state index in [1.807, 2.05) is 23.1 Å². The second-order valence-corrected chi connectivity index (χ2v) is 5.93. The first-order valence-corrected chi connectivity index (χ1v) is 7.73. The van der Waals surface area contributed by atoms with Crippen LogP contribution in [0.1, 0.15) is 12.8 Å². The molecule has 1 amide bonds. The van der Waals surface area contributed by atoms with Crippen LogP contribution in [-0.2, 0) is 9.53 Å². The third kappa shape index (κ3) is 3.09. The number of ether oxygens (including phenoxy) is 1. The Morgan fingerprint density at radius 1 is 1.29 bits per heavy atom. The van der Waals surface area contributed by atoms with E-state index in [4.69, 9.17) is 22.1 Å². The van der Waals surface area contributed by atoms with E-state index in [1.165, 1.54) is 0 Å². The van der Waals surface area contributed by atoms with Gasteiger partial charge in [-0.1, -0.05) is 11.6 Å². The van der Waals surface area contributed by atoms with Crippen LogP contribution in [0.2, 0.25) is 5.02 Å². The van der Waals surface area contributed by atoms with Crippen LogP contribution in [-0.4, -0.2) is 49.7 Å². The van der Waals surface area contributed by atoms with E-state index in [-0.39, 0.29) is 12.0 Å². The first-order chi connectivity index (χ1) is 10.1. The van der Waals surface area contributed by atoms with Gasteiger partial charge in [-0.2, -0.15) is 0 Å². The number of carbonyl (C=O) groups is 1. The third-order valence-electron chi connectivity index (χ3n) is 4.14. The molecule has 0 spiro atoms. The van der Waals surface area contributed by atoms with E-state index in [2.05, 4.69) is 4.90 Å². The van der Waals surface area contributed by atoms with Crippen LogP contribution in [0.25, 0.3) is 0 Å². The first-order valence-electron chi connectivity index (χ1n) is 7.35. The smallest absolute Gasteiger partial charge is 0.251 e. The molecule has 0 bridgehead atoms. The van der Waals surface area contributed by atoms with Gasteiger partial charge in [-0.3, -0.25) is 4.79 Å². The maximum Gasteiger partial charge on any atom is 0.251 e. The number of nitrogen functional groups attached to an aromatic ring is 1. The van der Waals surface area contributed by atoms with Gasteiger partial charge in [-0.05, 0) is 31.0 Å². The maximum atomic E-state index is 12.3. The van der Waals surface area contributed by atoms with E-state index >= 15 is 0 Å². The normalized spacial score (nSPS) is 22.6. The van der Waals surface area contributed by atoms with Crippen LogP contribution in [0.4, 0.5) is 11.4 Å². The second-order valence-electron chi connectivity index (χ2n) is 5.52. The van der Waals surface area contributed by atoms with Crippen LogP contribution in [0.5, 0.6) is 0 Å². The molecule has 1 atom stereocenters. The fraction of sp³-hybridized carbons (Fsp3) is 0.533. The molecule has 2 heterocycles. The molecule has 2 fully saturated rings. The predicted molar refractivity (Wildman–Crippen MR) is 83.6 cm³/mol. The van der Waals surface area contributed by atoms with Gasteiger partial charge in [0.05, 0.1) is 10.7 Å². The molecule has 114 valence electrons. The van der Waals surface area contributed by atoms with Crippen LogP contribution in [0.15, 0.2) is 18.2 Å². The van der Waals surface area contributed by atoms with Crippen molar-refractivity contribution in [3.05, 3.63) is 23.2 Å². The zero-order chi connectivity index (χ0) is 14.8. The average Bonchev–Trinajstić information content (AvgIpc) is 3.04. The minimum atomic E-state index is -0.220. The standard InChI is InChI=1S/C15H20ClN3O2/c16-12-4-3-11(10-13(12)17)18-5-7-19(8-6-18)15(20)14-2-1-9-21-14/h3-4,10,14H,1-2,5-9,17H2. The number of carbonyl (C=O) groups excluding carboxylic acids is 1. The number of halogens is 1. The fourth-order valence-corrected chi connectivity index (χ4v) is 3.01. The van der Waals surface area contributed by atoms with Crippen LogP contribution in [0.3, 0.4) is 0 Å². The van der Waals surface area contributed by atoms with Gasteiger partial charge < -0.3 is 20.3 Å². The minimum absolute atomic E-state index is 0.141. The molecule has 2 aliphatic rings. The van der Waals surface area contributed by atoms with Crippen molar-refractivity contribution in [2.45, 2.75) is 18.9 Å². The number of nitrogens with zero attached hydrogens (tertiary/aromatic N) is 2. The lowest BCUT2D eigenvalue weighted by molar-refractivity contribution is -0.141. The highest BCUT2D eigenvalue weighted by Crippen LogP contribution is 2.26. The summed E-state index contributed by atoms with van der Waals surface area (Å²) in [6.07, 6.45) is 1.62. The van der Waals surface area contributed by atoms with Crippen LogP contribution >= 0.6 is 11.6 Å². The summed E-state index contributed by atoms with van der Waals surface area (Å²) in [6, 6.07) is 5.67. The number of hydrogen-bond acceptors (Lipinski definition) is 4. The predicted octanol–water partition coefficient (Wildman–Crippen LogP) is 1.75. The molecule has 0 aromatic heterocycles. The van der Waals surface area contributed by atoms with E-state index in [0.717, 1.165) is 44.7 Å². The molecule has 2 aliphatic heterocycles. The molecule has 1 aromatic rings. The SMILES string of the molecule is Nc1cc(N2CCN(C(=O)C3CCCO3)CC2)ccc1Cl. The summed E-state index contributed by atoms with van der Waals surface area (Å²) < 4.78 is 5.47. The lowest BCUT2D eigenvalue weighted by Crippen LogP contribution is -2.51. The molecule has 0 radical (unpaired) electrons. The second kappa shape index (κ2) is 6.12. The molecular weight excluding hydrogens is 290 g/mol. The molecule has 21 heavy (non-hydrogen) atoms. The largest absolute Gasteiger partial charge is 0.397 e. The summed E-state index contributed by atoms with van der Waals surface area (Å²) >= 11 is 5.95. The molecule has 3 rings (SSSR count). The highest BCUT2D eigenvalue weighted by Gasteiger charge is 2.30. The van der Waals surface area contributed by atoms with Gasteiger partial charge in [0, 0.05) is 38.5 Å². The molecule has 2 saturated heterocycles. The van der Waals surface area contributed by atoms with Crippen molar-refractivity contribution in [1.29, 1.82) is 0 Å². The van der Waals surface area contributed by atoms with Crippen molar-refractivity contribution < 1.29 is 9.53 Å². The van der Waals surface area contributed by atoms with E-state index < -0.39 is 0 Å². The molecular formula is C15H20ClN3O2. The molecule has 0 saturated carbocycles. The highest BCUT2D eigenvalue weighted by molar-refractivity contribution is 6.33. The van der Waals surface area contributed by atoms with Crippen molar-refractivity contribution in [2.75, 3.05) is 43.4 Å².